The highest BCUT2D eigenvalue weighted by molar-refractivity contribution is 7.71. The number of aryl methyl sites for hydroxylation is 2. The van der Waals surface area contributed by atoms with E-state index in [1.54, 1.807) is 0 Å². The maximum atomic E-state index is 5.36. The molecule has 2 aromatic rings. The van der Waals surface area contributed by atoms with Crippen LogP contribution in [0.1, 0.15) is 59.8 Å². The van der Waals surface area contributed by atoms with Crippen LogP contribution in [0.2, 0.25) is 0 Å². The lowest BCUT2D eigenvalue weighted by atomic mass is 10.0. The molecule has 2 nitrogen and oxygen atoms in total. The lowest BCUT2D eigenvalue weighted by Crippen LogP contribution is -2.04. The molecule has 0 amide bonds. The summed E-state index contributed by atoms with van der Waals surface area (Å²) in [6, 6.07) is 8.71. The Hall–Kier alpha value is -1.48. The second kappa shape index (κ2) is 6.10. The van der Waals surface area contributed by atoms with E-state index in [4.69, 9.17) is 12.2 Å². The molecule has 1 aromatic heterocycles. The van der Waals surface area contributed by atoms with E-state index in [0.29, 0.717) is 5.92 Å². The summed E-state index contributed by atoms with van der Waals surface area (Å²) in [5.74, 6) is 1.64. The summed E-state index contributed by atoms with van der Waals surface area (Å²) in [5, 5.41) is 0. The monoisotopic (exact) mass is 298 g/mol. The average Bonchev–Trinajstić information content (AvgIpc) is 2.90. The van der Waals surface area contributed by atoms with Gasteiger partial charge >= 0.3 is 0 Å². The highest BCUT2D eigenvalue weighted by atomic mass is 32.1. The summed E-state index contributed by atoms with van der Waals surface area (Å²) >= 11 is 5.36. The molecule has 21 heavy (non-hydrogen) atoms. The van der Waals surface area contributed by atoms with Gasteiger partial charge in [0.05, 0.1) is 0 Å². The van der Waals surface area contributed by atoms with Crippen LogP contribution in [0.5, 0.6) is 0 Å². The molecule has 3 rings (SSSR count). The molecule has 0 saturated heterocycles. The van der Waals surface area contributed by atoms with Crippen molar-refractivity contribution >= 4 is 12.2 Å². The fraction of sp³-hybridized carbons (Fsp3) is 0.444. The Kier molecular flexibility index (Phi) is 4.20. The van der Waals surface area contributed by atoms with Gasteiger partial charge in [-0.3, -0.25) is 0 Å². The Morgan fingerprint density at radius 1 is 1.10 bits per heavy atom. The number of rotatable bonds is 3. The largest absolute Gasteiger partial charge is 0.347 e. The molecule has 0 aliphatic heterocycles. The van der Waals surface area contributed by atoms with Crippen LogP contribution in [0, 0.1) is 18.5 Å². The number of nitrogens with one attached hydrogen (secondary N) is 1. The van der Waals surface area contributed by atoms with Crippen molar-refractivity contribution in [3.63, 3.8) is 0 Å². The molecule has 0 bridgehead atoms. The number of nitrogens with zero attached hydrogens (tertiary/aromatic N) is 1. The number of aromatic amines is 1. The number of aromatic nitrogens is 2. The third-order valence-electron chi connectivity index (χ3n) is 4.26. The normalized spacial score (nSPS) is 15.5. The second-order valence-corrected chi connectivity index (χ2v) is 6.69. The zero-order valence-electron chi connectivity index (χ0n) is 12.8. The van der Waals surface area contributed by atoms with E-state index in [9.17, 15) is 0 Å². The van der Waals surface area contributed by atoms with Crippen LogP contribution in [0.15, 0.2) is 24.3 Å². The summed E-state index contributed by atoms with van der Waals surface area (Å²) in [5.41, 5.74) is 5.19. The number of H-pyrrole nitrogens is 1. The molecule has 0 radical (unpaired) electrons. The Bertz CT molecular complexity index is 676. The van der Waals surface area contributed by atoms with E-state index in [0.717, 1.165) is 16.9 Å². The zero-order chi connectivity index (χ0) is 14.8. The van der Waals surface area contributed by atoms with Crippen molar-refractivity contribution in [2.75, 3.05) is 0 Å². The van der Waals surface area contributed by atoms with Crippen molar-refractivity contribution < 1.29 is 0 Å². The number of benzene rings is 1. The summed E-state index contributed by atoms with van der Waals surface area (Å²) in [6.07, 6.45) is 6.04. The molecule has 3 heteroatoms. The van der Waals surface area contributed by atoms with Gasteiger partial charge in [0.25, 0.3) is 0 Å². The topological polar surface area (TPSA) is 28.7 Å². The molecular formula is C18H22N2S. The van der Waals surface area contributed by atoms with Crippen LogP contribution in [0.4, 0.5) is 0 Å². The van der Waals surface area contributed by atoms with Crippen molar-refractivity contribution in [3.8, 4) is 0 Å². The molecule has 110 valence electrons. The van der Waals surface area contributed by atoms with Crippen LogP contribution in [0.3, 0.4) is 0 Å². The minimum Gasteiger partial charge on any atom is -0.347 e. The van der Waals surface area contributed by atoms with Gasteiger partial charge in [0.2, 0.25) is 0 Å². The first kappa shape index (κ1) is 14.5. The minimum atomic E-state index is 0.646. The molecule has 0 unspecified atom stereocenters. The molecule has 1 heterocycles. The van der Waals surface area contributed by atoms with Crippen LogP contribution >= 0.6 is 12.2 Å². The molecule has 1 fully saturated rings. The van der Waals surface area contributed by atoms with Crippen LogP contribution < -0.4 is 0 Å². The van der Waals surface area contributed by atoms with Gasteiger partial charge in [-0.05, 0) is 44.2 Å². The maximum absolute atomic E-state index is 5.36. The highest BCUT2D eigenvalue weighted by Gasteiger charge is 2.18. The standard InChI is InChI=1S/C18H22N2S/c1-12-7-13(2)9-14(8-12)10-17-19-16(11-18(21)20-17)15-5-3-4-6-15/h7-9,11,15H,3-6,10H2,1-2H3,(H,19,20,21). The average molecular weight is 298 g/mol. The van der Waals surface area contributed by atoms with Crippen molar-refractivity contribution in [3.05, 3.63) is 57.1 Å². The van der Waals surface area contributed by atoms with Crippen LogP contribution in [-0.2, 0) is 6.42 Å². The summed E-state index contributed by atoms with van der Waals surface area (Å²) in [7, 11) is 0. The third kappa shape index (κ3) is 3.59. The zero-order valence-corrected chi connectivity index (χ0v) is 13.6. The van der Waals surface area contributed by atoms with E-state index in [-0.39, 0.29) is 0 Å². The van der Waals surface area contributed by atoms with Crippen molar-refractivity contribution in [1.82, 2.24) is 9.97 Å². The first-order chi connectivity index (χ1) is 10.1. The predicted molar refractivity (Wildman–Crippen MR) is 89.4 cm³/mol. The summed E-state index contributed by atoms with van der Waals surface area (Å²) in [4.78, 5) is 8.06. The van der Waals surface area contributed by atoms with Gasteiger partial charge in [0.15, 0.2) is 0 Å². The van der Waals surface area contributed by atoms with E-state index >= 15 is 0 Å². The maximum Gasteiger partial charge on any atom is 0.130 e. The van der Waals surface area contributed by atoms with Gasteiger partial charge in [-0.1, -0.05) is 54.4 Å². The highest BCUT2D eigenvalue weighted by Crippen LogP contribution is 2.33. The first-order valence-corrected chi connectivity index (χ1v) is 8.18. The summed E-state index contributed by atoms with van der Waals surface area (Å²) < 4.78 is 0.718. The van der Waals surface area contributed by atoms with E-state index in [1.165, 1.54) is 48.1 Å². The van der Waals surface area contributed by atoms with Crippen molar-refractivity contribution in [2.45, 2.75) is 51.9 Å². The van der Waals surface area contributed by atoms with Gasteiger partial charge in [0.1, 0.15) is 10.5 Å². The SMILES string of the molecule is Cc1cc(C)cc(Cc2nc(=S)cc(C3CCCC3)[nH]2)c1. The van der Waals surface area contributed by atoms with Crippen LogP contribution in [0.25, 0.3) is 0 Å². The molecule has 1 aliphatic rings. The number of hydrogen-bond acceptors (Lipinski definition) is 2. The molecular weight excluding hydrogens is 276 g/mol. The molecule has 0 spiro atoms. The van der Waals surface area contributed by atoms with Gasteiger partial charge in [-0.25, -0.2) is 4.98 Å². The molecule has 1 N–H and O–H groups in total. The molecule has 1 aliphatic carbocycles. The quantitative estimate of drug-likeness (QED) is 0.807. The molecule has 1 saturated carbocycles. The fourth-order valence-corrected chi connectivity index (χ4v) is 3.67. The minimum absolute atomic E-state index is 0.646. The fourth-order valence-electron chi connectivity index (χ4n) is 3.43. The van der Waals surface area contributed by atoms with E-state index in [2.05, 4.69) is 48.1 Å². The lowest BCUT2D eigenvalue weighted by molar-refractivity contribution is 0.685. The Balaban J connectivity index is 1.89. The third-order valence-corrected chi connectivity index (χ3v) is 4.47. The van der Waals surface area contributed by atoms with Gasteiger partial charge in [0, 0.05) is 12.1 Å². The van der Waals surface area contributed by atoms with Gasteiger partial charge in [-0.15, -0.1) is 0 Å². The summed E-state index contributed by atoms with van der Waals surface area (Å²) in [6.45, 7) is 4.28. The molecule has 0 atom stereocenters. The first-order valence-electron chi connectivity index (χ1n) is 7.77. The predicted octanol–water partition coefficient (Wildman–Crippen LogP) is 5.00. The Labute approximate surface area is 131 Å². The van der Waals surface area contributed by atoms with E-state index < -0.39 is 0 Å². The van der Waals surface area contributed by atoms with Crippen LogP contribution in [-0.4, -0.2) is 9.97 Å². The Morgan fingerprint density at radius 3 is 2.43 bits per heavy atom. The molecule has 1 aromatic carbocycles. The van der Waals surface area contributed by atoms with Gasteiger partial charge in [-0.2, -0.15) is 0 Å². The lowest BCUT2D eigenvalue weighted by Gasteiger charge is -2.12. The number of hydrogen-bond donors (Lipinski definition) is 1. The smallest absolute Gasteiger partial charge is 0.130 e. The second-order valence-electron chi connectivity index (χ2n) is 6.28. The van der Waals surface area contributed by atoms with Crippen molar-refractivity contribution in [1.29, 1.82) is 0 Å². The van der Waals surface area contributed by atoms with Gasteiger partial charge < -0.3 is 4.98 Å². The Morgan fingerprint density at radius 2 is 1.76 bits per heavy atom. The van der Waals surface area contributed by atoms with E-state index in [1.807, 2.05) is 0 Å². The van der Waals surface area contributed by atoms with Crippen molar-refractivity contribution in [2.24, 2.45) is 0 Å².